The van der Waals surface area contributed by atoms with E-state index in [1.54, 1.807) is 24.3 Å². The first-order valence-electron chi connectivity index (χ1n) is 6.73. The largest absolute Gasteiger partial charge is 0.346 e. The van der Waals surface area contributed by atoms with Gasteiger partial charge in [0.15, 0.2) is 5.03 Å². The first-order chi connectivity index (χ1) is 11.4. The second-order valence-electron chi connectivity index (χ2n) is 4.71. The number of aryl methyl sites for hydroxylation is 1. The van der Waals surface area contributed by atoms with E-state index in [4.69, 9.17) is 11.6 Å². The molecule has 1 aromatic heterocycles. The minimum atomic E-state index is -0.541. The summed E-state index contributed by atoms with van der Waals surface area (Å²) in [4.78, 5) is 35.1. The molecule has 8 nitrogen and oxygen atoms in total. The minimum absolute atomic E-state index is 0.0571. The number of hydrazone groups is 1. The molecule has 0 radical (unpaired) electrons. The van der Waals surface area contributed by atoms with Gasteiger partial charge >= 0.3 is 5.69 Å². The fraction of sp³-hybridized carbons (Fsp3) is 0.214. The van der Waals surface area contributed by atoms with Gasteiger partial charge < -0.3 is 0 Å². The van der Waals surface area contributed by atoms with Crippen LogP contribution in [-0.2, 0) is 18.9 Å². The van der Waals surface area contributed by atoms with Crippen LogP contribution in [0, 0.1) is 0 Å². The Morgan fingerprint density at radius 1 is 1.33 bits per heavy atom. The maximum absolute atomic E-state index is 11.9. The van der Waals surface area contributed by atoms with Crippen molar-refractivity contribution in [2.75, 3.05) is 5.75 Å². The third-order valence-electron chi connectivity index (χ3n) is 2.91. The van der Waals surface area contributed by atoms with Crippen LogP contribution in [0.25, 0.3) is 0 Å². The van der Waals surface area contributed by atoms with Crippen molar-refractivity contribution in [2.24, 2.45) is 19.2 Å². The number of halogens is 1. The third-order valence-corrected chi connectivity index (χ3v) is 4.09. The van der Waals surface area contributed by atoms with Crippen LogP contribution in [0.15, 0.2) is 44.0 Å². The van der Waals surface area contributed by atoms with Gasteiger partial charge in [-0.3, -0.25) is 14.2 Å². The molecule has 0 fully saturated rings. The van der Waals surface area contributed by atoms with E-state index in [0.717, 1.165) is 26.6 Å². The molecule has 1 aromatic carbocycles. The predicted octanol–water partition coefficient (Wildman–Crippen LogP) is 0.375. The lowest BCUT2D eigenvalue weighted by atomic mass is 10.2. The zero-order valence-corrected chi connectivity index (χ0v) is 14.5. The highest BCUT2D eigenvalue weighted by molar-refractivity contribution is 7.99. The van der Waals surface area contributed by atoms with E-state index in [1.807, 2.05) is 0 Å². The van der Waals surface area contributed by atoms with E-state index in [-0.39, 0.29) is 10.8 Å². The summed E-state index contributed by atoms with van der Waals surface area (Å²) in [6, 6.07) is 6.93. The number of hydrogen-bond donors (Lipinski definition) is 1. The first kappa shape index (κ1) is 18.0. The molecule has 2 aromatic rings. The van der Waals surface area contributed by atoms with Crippen molar-refractivity contribution in [3.63, 3.8) is 0 Å². The summed E-state index contributed by atoms with van der Waals surface area (Å²) in [5, 5.41) is 8.34. The van der Waals surface area contributed by atoms with Crippen molar-refractivity contribution in [3.8, 4) is 0 Å². The van der Waals surface area contributed by atoms with Crippen LogP contribution in [0.5, 0.6) is 0 Å². The maximum Gasteiger partial charge on any atom is 0.346 e. The number of carbonyl (C=O) groups is 1. The average molecular weight is 368 g/mol. The molecule has 0 atom stereocenters. The Morgan fingerprint density at radius 3 is 2.67 bits per heavy atom. The Labute approximate surface area is 146 Å². The van der Waals surface area contributed by atoms with Gasteiger partial charge in [0.1, 0.15) is 0 Å². The number of aromatic nitrogens is 3. The molecule has 126 valence electrons. The second-order valence-corrected chi connectivity index (χ2v) is 6.11. The normalized spacial score (nSPS) is 11.0. The van der Waals surface area contributed by atoms with Crippen LogP contribution >= 0.6 is 23.4 Å². The molecule has 2 rings (SSSR count). The van der Waals surface area contributed by atoms with Crippen molar-refractivity contribution < 1.29 is 4.79 Å². The number of benzene rings is 1. The number of rotatable bonds is 5. The van der Waals surface area contributed by atoms with E-state index in [0.29, 0.717) is 5.02 Å². The van der Waals surface area contributed by atoms with Gasteiger partial charge in [-0.15, -0.1) is 0 Å². The van der Waals surface area contributed by atoms with Crippen LogP contribution < -0.4 is 16.7 Å². The van der Waals surface area contributed by atoms with Crippen molar-refractivity contribution in [3.05, 3.63) is 55.7 Å². The molecule has 0 saturated carbocycles. The molecular formula is C14H14ClN5O3S. The predicted molar refractivity (Wildman–Crippen MR) is 92.6 cm³/mol. The molecule has 1 N–H and O–H groups in total. The molecule has 0 aliphatic carbocycles. The summed E-state index contributed by atoms with van der Waals surface area (Å²) in [5.41, 5.74) is 2.06. The van der Waals surface area contributed by atoms with Crippen molar-refractivity contribution in [1.29, 1.82) is 0 Å². The monoisotopic (exact) mass is 367 g/mol. The fourth-order valence-corrected chi connectivity index (χ4v) is 2.55. The average Bonchev–Trinajstić information content (AvgIpc) is 2.57. The molecule has 0 aliphatic rings. The molecule has 10 heteroatoms. The summed E-state index contributed by atoms with van der Waals surface area (Å²) in [6.45, 7) is 0. The Kier molecular flexibility index (Phi) is 5.93. The van der Waals surface area contributed by atoms with Gasteiger partial charge in [-0.1, -0.05) is 35.5 Å². The van der Waals surface area contributed by atoms with Crippen molar-refractivity contribution in [1.82, 2.24) is 19.8 Å². The number of amides is 1. The van der Waals surface area contributed by atoms with Gasteiger partial charge in [-0.25, -0.2) is 14.9 Å². The molecule has 1 heterocycles. The summed E-state index contributed by atoms with van der Waals surface area (Å²) in [6.07, 6.45) is 1.47. The molecule has 0 bridgehead atoms. The Hall–Kier alpha value is -2.39. The molecule has 0 unspecified atom stereocenters. The molecule has 0 saturated heterocycles. The van der Waals surface area contributed by atoms with Gasteiger partial charge in [-0.2, -0.15) is 10.2 Å². The van der Waals surface area contributed by atoms with E-state index < -0.39 is 17.2 Å². The molecule has 0 aliphatic heterocycles. The number of nitrogens with one attached hydrogen (secondary N) is 1. The van der Waals surface area contributed by atoms with Crippen LogP contribution in [0.1, 0.15) is 5.56 Å². The third kappa shape index (κ3) is 4.56. The smallest absolute Gasteiger partial charge is 0.272 e. The van der Waals surface area contributed by atoms with E-state index in [2.05, 4.69) is 15.6 Å². The minimum Gasteiger partial charge on any atom is -0.272 e. The number of carbonyl (C=O) groups excluding carboxylic acids is 1. The van der Waals surface area contributed by atoms with Crippen LogP contribution in [0.4, 0.5) is 0 Å². The molecule has 0 spiro atoms. The highest BCUT2D eigenvalue weighted by Crippen LogP contribution is 2.09. The van der Waals surface area contributed by atoms with Gasteiger partial charge in [0.05, 0.1) is 12.0 Å². The SMILES string of the molecule is Cn1nc(SCC(=O)N/N=C\c2ccc(Cl)cc2)c(=O)n(C)c1=O. The zero-order chi connectivity index (χ0) is 17.7. The molecular weight excluding hydrogens is 354 g/mol. The van der Waals surface area contributed by atoms with E-state index >= 15 is 0 Å². The van der Waals surface area contributed by atoms with E-state index in [1.165, 1.54) is 20.3 Å². The molecule has 24 heavy (non-hydrogen) atoms. The summed E-state index contributed by atoms with van der Waals surface area (Å²) < 4.78 is 1.98. The van der Waals surface area contributed by atoms with Gasteiger partial charge in [-0.05, 0) is 17.7 Å². The Balaban J connectivity index is 1.93. The first-order valence-corrected chi connectivity index (χ1v) is 8.09. The fourth-order valence-electron chi connectivity index (χ4n) is 1.65. The summed E-state index contributed by atoms with van der Waals surface area (Å²) in [7, 11) is 2.79. The highest BCUT2D eigenvalue weighted by Gasteiger charge is 2.11. The number of nitrogens with zero attached hydrogens (tertiary/aromatic N) is 4. The van der Waals surface area contributed by atoms with E-state index in [9.17, 15) is 14.4 Å². The van der Waals surface area contributed by atoms with Gasteiger partial charge in [0, 0.05) is 19.1 Å². The van der Waals surface area contributed by atoms with Crippen LogP contribution in [0.2, 0.25) is 5.02 Å². The number of hydrogen-bond acceptors (Lipinski definition) is 6. The Morgan fingerprint density at radius 2 is 2.00 bits per heavy atom. The zero-order valence-electron chi connectivity index (χ0n) is 12.9. The van der Waals surface area contributed by atoms with Gasteiger partial charge in [0.2, 0.25) is 5.91 Å². The van der Waals surface area contributed by atoms with Crippen LogP contribution in [-0.4, -0.2) is 32.2 Å². The number of thioether (sulfide) groups is 1. The summed E-state index contributed by atoms with van der Waals surface area (Å²) >= 11 is 6.70. The highest BCUT2D eigenvalue weighted by atomic mass is 35.5. The summed E-state index contributed by atoms with van der Waals surface area (Å²) in [5.74, 6) is -0.457. The van der Waals surface area contributed by atoms with Crippen molar-refractivity contribution in [2.45, 2.75) is 5.03 Å². The second kappa shape index (κ2) is 7.93. The standard InChI is InChI=1S/C14H14ClN5O3S/c1-19-13(22)12(18-20(2)14(19)23)24-8-11(21)17-16-7-9-3-5-10(15)6-4-9/h3-7H,8H2,1-2H3,(H,17,21)/b16-7-. The van der Waals surface area contributed by atoms with Gasteiger partial charge in [0.25, 0.3) is 5.56 Å². The van der Waals surface area contributed by atoms with Crippen molar-refractivity contribution >= 4 is 35.5 Å². The topological polar surface area (TPSA) is 98.3 Å². The van der Waals surface area contributed by atoms with Crippen LogP contribution in [0.3, 0.4) is 0 Å². The maximum atomic E-state index is 11.9. The lowest BCUT2D eigenvalue weighted by Crippen LogP contribution is -2.39. The lowest BCUT2D eigenvalue weighted by Gasteiger charge is -2.04. The Bertz CT molecular complexity index is 889. The quantitative estimate of drug-likeness (QED) is 0.468. The lowest BCUT2D eigenvalue weighted by molar-refractivity contribution is -0.118. The molecule has 1 amide bonds.